The molecule has 1 aromatic rings. The molecule has 0 atom stereocenters. The second-order valence-electron chi connectivity index (χ2n) is 6.44. The third-order valence-corrected chi connectivity index (χ3v) is 4.95. The molecular formula is C17H20FNO4. The molecular weight excluding hydrogens is 301 g/mol. The molecule has 6 heteroatoms. The van der Waals surface area contributed by atoms with Gasteiger partial charge in [-0.05, 0) is 49.3 Å². The van der Waals surface area contributed by atoms with Gasteiger partial charge in [0.25, 0.3) is 5.91 Å². The van der Waals surface area contributed by atoms with E-state index in [1.165, 1.54) is 12.1 Å². The summed E-state index contributed by atoms with van der Waals surface area (Å²) < 4.78 is 19.5. The highest BCUT2D eigenvalue weighted by Gasteiger charge is 2.38. The van der Waals surface area contributed by atoms with Crippen molar-refractivity contribution in [3.63, 3.8) is 0 Å². The normalized spacial score (nSPS) is 20.5. The molecule has 0 unspecified atom stereocenters. The summed E-state index contributed by atoms with van der Waals surface area (Å²) in [7, 11) is 0. The van der Waals surface area contributed by atoms with Crippen molar-refractivity contribution >= 4 is 11.9 Å². The van der Waals surface area contributed by atoms with Crippen LogP contribution in [-0.4, -0.2) is 48.2 Å². The second kappa shape index (κ2) is 6.28. The van der Waals surface area contributed by atoms with E-state index in [-0.39, 0.29) is 22.4 Å². The number of carbonyl (C=O) groups is 2. The molecule has 0 aliphatic carbocycles. The summed E-state index contributed by atoms with van der Waals surface area (Å²) in [5, 5.41) is 8.88. The lowest BCUT2D eigenvalue weighted by molar-refractivity contribution is -0.0230. The molecule has 1 aromatic carbocycles. The number of likely N-dealkylation sites (tertiary alicyclic amines) is 1. The van der Waals surface area contributed by atoms with Crippen LogP contribution < -0.4 is 0 Å². The van der Waals surface area contributed by atoms with Gasteiger partial charge in [0, 0.05) is 26.3 Å². The maximum atomic E-state index is 14.1. The summed E-state index contributed by atoms with van der Waals surface area (Å²) in [6.45, 7) is 2.66. The van der Waals surface area contributed by atoms with Crippen LogP contribution in [-0.2, 0) is 4.74 Å². The van der Waals surface area contributed by atoms with Gasteiger partial charge in [0.05, 0.1) is 11.1 Å². The first-order valence-corrected chi connectivity index (χ1v) is 7.91. The Morgan fingerprint density at radius 1 is 1.22 bits per heavy atom. The molecule has 2 saturated heterocycles. The monoisotopic (exact) mass is 321 g/mol. The zero-order chi connectivity index (χ0) is 16.4. The molecule has 0 radical (unpaired) electrons. The Morgan fingerprint density at radius 2 is 1.96 bits per heavy atom. The molecule has 2 aliphatic heterocycles. The molecule has 5 nitrogen and oxygen atoms in total. The van der Waals surface area contributed by atoms with Gasteiger partial charge in [-0.1, -0.05) is 0 Å². The number of carbonyl (C=O) groups excluding carboxylic acids is 1. The predicted octanol–water partition coefficient (Wildman–Crippen LogP) is 2.56. The van der Waals surface area contributed by atoms with Crippen molar-refractivity contribution in [1.29, 1.82) is 0 Å². The average molecular weight is 321 g/mol. The van der Waals surface area contributed by atoms with Crippen LogP contribution in [0.2, 0.25) is 0 Å². The van der Waals surface area contributed by atoms with Crippen molar-refractivity contribution in [3.8, 4) is 0 Å². The minimum atomic E-state index is -1.21. The fraction of sp³-hybridized carbons (Fsp3) is 0.529. The van der Waals surface area contributed by atoms with Crippen LogP contribution >= 0.6 is 0 Å². The zero-order valence-corrected chi connectivity index (χ0v) is 12.9. The number of nitrogens with zero attached hydrogens (tertiary/aromatic N) is 1. The third-order valence-electron chi connectivity index (χ3n) is 4.95. The number of ether oxygens (including phenoxy) is 1. The summed E-state index contributed by atoms with van der Waals surface area (Å²) in [4.78, 5) is 25.2. The number of hydrogen-bond donors (Lipinski definition) is 1. The Balaban J connectivity index is 1.78. The standard InChI is InChI=1S/C17H20FNO4/c18-14-10-12(16(21)22)2-3-13(14)15(20)19-7-1-4-17(11-19)5-8-23-9-6-17/h2-3,10H,1,4-9,11H2,(H,21,22). The van der Waals surface area contributed by atoms with Crippen LogP contribution in [0.5, 0.6) is 0 Å². The lowest BCUT2D eigenvalue weighted by Crippen LogP contribution is -2.48. The van der Waals surface area contributed by atoms with Crippen LogP contribution in [0.25, 0.3) is 0 Å². The van der Waals surface area contributed by atoms with Gasteiger partial charge in [-0.25, -0.2) is 9.18 Å². The fourth-order valence-electron chi connectivity index (χ4n) is 3.59. The van der Waals surface area contributed by atoms with Crippen molar-refractivity contribution < 1.29 is 23.8 Å². The van der Waals surface area contributed by atoms with Gasteiger partial charge in [-0.15, -0.1) is 0 Å². The van der Waals surface area contributed by atoms with E-state index < -0.39 is 11.8 Å². The van der Waals surface area contributed by atoms with Gasteiger partial charge >= 0.3 is 5.97 Å². The van der Waals surface area contributed by atoms with Gasteiger partial charge in [-0.3, -0.25) is 4.79 Å². The smallest absolute Gasteiger partial charge is 0.335 e. The van der Waals surface area contributed by atoms with Gasteiger partial charge in [0.2, 0.25) is 0 Å². The number of rotatable bonds is 2. The Hall–Kier alpha value is -1.95. The van der Waals surface area contributed by atoms with E-state index in [0.717, 1.165) is 31.7 Å². The van der Waals surface area contributed by atoms with Gasteiger partial charge in [0.15, 0.2) is 0 Å². The molecule has 1 amide bonds. The van der Waals surface area contributed by atoms with Crippen molar-refractivity contribution in [3.05, 3.63) is 35.1 Å². The molecule has 0 aromatic heterocycles. The average Bonchev–Trinajstić information content (AvgIpc) is 2.55. The predicted molar refractivity (Wildman–Crippen MR) is 81.0 cm³/mol. The Labute approximate surface area is 134 Å². The number of benzene rings is 1. The van der Waals surface area contributed by atoms with Crippen molar-refractivity contribution in [2.75, 3.05) is 26.3 Å². The van der Waals surface area contributed by atoms with Crippen LogP contribution in [0.15, 0.2) is 18.2 Å². The number of hydrogen-bond acceptors (Lipinski definition) is 3. The van der Waals surface area contributed by atoms with Crippen molar-refractivity contribution in [2.45, 2.75) is 25.7 Å². The maximum absolute atomic E-state index is 14.1. The summed E-state index contributed by atoms with van der Waals surface area (Å²) >= 11 is 0. The molecule has 1 spiro atoms. The Bertz CT molecular complexity index is 620. The number of carboxylic acid groups (broad SMARTS) is 1. The second-order valence-corrected chi connectivity index (χ2v) is 6.44. The highest BCUT2D eigenvalue weighted by atomic mass is 19.1. The lowest BCUT2D eigenvalue weighted by atomic mass is 9.74. The molecule has 0 saturated carbocycles. The van der Waals surface area contributed by atoms with Gasteiger partial charge < -0.3 is 14.7 Å². The molecule has 2 aliphatic rings. The first-order chi connectivity index (χ1) is 11.0. The molecule has 23 heavy (non-hydrogen) atoms. The maximum Gasteiger partial charge on any atom is 0.335 e. The zero-order valence-electron chi connectivity index (χ0n) is 12.9. The molecule has 1 N–H and O–H groups in total. The molecule has 3 rings (SSSR count). The molecule has 124 valence electrons. The first-order valence-electron chi connectivity index (χ1n) is 7.91. The van der Waals surface area contributed by atoms with Crippen molar-refractivity contribution in [2.24, 2.45) is 5.41 Å². The molecule has 2 fully saturated rings. The van der Waals surface area contributed by atoms with Gasteiger partial charge in [0.1, 0.15) is 5.82 Å². The molecule has 2 heterocycles. The summed E-state index contributed by atoms with van der Waals surface area (Å²) in [6, 6.07) is 3.45. The number of aromatic carboxylic acids is 1. The number of piperidine rings is 1. The van der Waals surface area contributed by atoms with E-state index in [1.54, 1.807) is 4.90 Å². The number of halogens is 1. The largest absolute Gasteiger partial charge is 0.478 e. The fourth-order valence-corrected chi connectivity index (χ4v) is 3.59. The highest BCUT2D eigenvalue weighted by molar-refractivity contribution is 5.96. The van der Waals surface area contributed by atoms with Gasteiger partial charge in [-0.2, -0.15) is 0 Å². The van der Waals surface area contributed by atoms with E-state index >= 15 is 0 Å². The minimum absolute atomic E-state index is 0.0564. The number of carboxylic acids is 1. The summed E-state index contributed by atoms with van der Waals surface area (Å²) in [6.07, 6.45) is 3.83. The van der Waals surface area contributed by atoms with E-state index in [9.17, 15) is 14.0 Å². The SMILES string of the molecule is O=C(O)c1ccc(C(=O)N2CCCC3(CCOCC3)C2)c(F)c1. The third kappa shape index (κ3) is 3.22. The quantitative estimate of drug-likeness (QED) is 0.909. The van der Waals surface area contributed by atoms with Crippen LogP contribution in [0.1, 0.15) is 46.4 Å². The topological polar surface area (TPSA) is 66.8 Å². The Morgan fingerprint density at radius 3 is 2.61 bits per heavy atom. The van der Waals surface area contributed by atoms with Crippen LogP contribution in [0.4, 0.5) is 4.39 Å². The Kier molecular flexibility index (Phi) is 4.35. The first kappa shape index (κ1) is 15.9. The van der Waals surface area contributed by atoms with E-state index in [2.05, 4.69) is 0 Å². The minimum Gasteiger partial charge on any atom is -0.478 e. The van der Waals surface area contributed by atoms with E-state index in [0.29, 0.717) is 26.3 Å². The number of amides is 1. The van der Waals surface area contributed by atoms with E-state index in [1.807, 2.05) is 0 Å². The molecule has 0 bridgehead atoms. The summed E-state index contributed by atoms with van der Waals surface area (Å²) in [5.41, 5.74) is -0.124. The highest BCUT2D eigenvalue weighted by Crippen LogP contribution is 2.39. The van der Waals surface area contributed by atoms with E-state index in [4.69, 9.17) is 9.84 Å². The van der Waals surface area contributed by atoms with Crippen LogP contribution in [0.3, 0.4) is 0 Å². The van der Waals surface area contributed by atoms with Crippen LogP contribution in [0, 0.1) is 11.2 Å². The lowest BCUT2D eigenvalue weighted by Gasteiger charge is -2.45. The summed E-state index contributed by atoms with van der Waals surface area (Å²) in [5.74, 6) is -2.34. The van der Waals surface area contributed by atoms with Crippen molar-refractivity contribution in [1.82, 2.24) is 4.90 Å².